The smallest absolute Gasteiger partial charge is 0.286 e. The van der Waals surface area contributed by atoms with Gasteiger partial charge in [-0.3, -0.25) is 4.57 Å². The van der Waals surface area contributed by atoms with Crippen LogP contribution in [0, 0.1) is 0 Å². The van der Waals surface area contributed by atoms with Gasteiger partial charge in [-0.1, -0.05) is 30.3 Å². The third-order valence-electron chi connectivity index (χ3n) is 2.65. The van der Waals surface area contributed by atoms with E-state index in [0.29, 0.717) is 5.30 Å². The molecule has 6 heteroatoms. The molecule has 3 aromatic rings. The summed E-state index contributed by atoms with van der Waals surface area (Å²) in [7, 11) is -3.56. The molecule has 3 rings (SSSR count). The summed E-state index contributed by atoms with van der Waals surface area (Å²) in [5.74, 6) is 0. The Balaban J connectivity index is 0.00000133. The molecule has 0 fully saturated rings. The maximum atomic E-state index is 12.5. The SMILES string of the molecule is O=P(O)(c1ccccc1)c1nc2ccccc2s1.[K]. The number of rotatable bonds is 2. The second-order valence-corrected chi connectivity index (χ2v) is 7.30. The Morgan fingerprint density at radius 1 is 1.00 bits per heavy atom. The first kappa shape index (κ1) is 15.5. The molecule has 1 heterocycles. The summed E-state index contributed by atoms with van der Waals surface area (Å²) in [5.41, 5.74) is 0.766. The normalized spacial score (nSPS) is 13.7. The predicted molar refractivity (Wildman–Crippen MR) is 80.9 cm³/mol. The molecule has 0 aliphatic heterocycles. The van der Waals surface area contributed by atoms with E-state index in [2.05, 4.69) is 4.98 Å². The first-order valence-electron chi connectivity index (χ1n) is 5.42. The fraction of sp³-hybridized carbons (Fsp3) is 0. The largest absolute Gasteiger partial charge is 0.336 e. The topological polar surface area (TPSA) is 50.2 Å². The van der Waals surface area contributed by atoms with Crippen molar-refractivity contribution in [2.24, 2.45) is 0 Å². The van der Waals surface area contributed by atoms with Crippen molar-refractivity contribution in [3.8, 4) is 0 Å². The molecule has 2 aromatic carbocycles. The van der Waals surface area contributed by atoms with E-state index in [1.165, 1.54) is 11.3 Å². The van der Waals surface area contributed by atoms with Crippen LogP contribution < -0.4 is 10.1 Å². The van der Waals surface area contributed by atoms with Crippen LogP contribution in [0.25, 0.3) is 10.2 Å². The van der Waals surface area contributed by atoms with Gasteiger partial charge < -0.3 is 4.89 Å². The standard InChI is InChI=1S/C13H10NO2PS.K/c15-17(16,10-6-2-1-3-7-10)13-14-11-8-4-5-9-12(11)18-13;/h1-9H,(H,15,16);. The van der Waals surface area contributed by atoms with Crippen molar-refractivity contribution >= 4 is 90.4 Å². The molecule has 1 atom stereocenters. The van der Waals surface area contributed by atoms with Gasteiger partial charge in [-0.15, -0.1) is 11.3 Å². The number of fused-ring (bicyclic) bond motifs is 1. The zero-order valence-electron chi connectivity index (χ0n) is 10.4. The molecule has 0 saturated heterocycles. The summed E-state index contributed by atoms with van der Waals surface area (Å²) in [6.45, 7) is 0. The van der Waals surface area contributed by atoms with Crippen LogP contribution in [0.15, 0.2) is 54.6 Å². The van der Waals surface area contributed by atoms with Crippen LogP contribution in [-0.2, 0) is 4.57 Å². The molecule has 0 spiro atoms. The number of benzene rings is 2. The van der Waals surface area contributed by atoms with Crippen LogP contribution >= 0.6 is 18.7 Å². The van der Waals surface area contributed by atoms with Crippen LogP contribution in [0.5, 0.6) is 0 Å². The van der Waals surface area contributed by atoms with E-state index in [0.717, 1.165) is 10.2 Å². The van der Waals surface area contributed by atoms with Gasteiger partial charge in [-0.05, 0) is 24.3 Å². The number of aromatic nitrogens is 1. The van der Waals surface area contributed by atoms with Gasteiger partial charge in [0.05, 0.1) is 10.2 Å². The van der Waals surface area contributed by atoms with Crippen molar-refractivity contribution in [1.29, 1.82) is 0 Å². The fourth-order valence-corrected chi connectivity index (χ4v) is 4.58. The van der Waals surface area contributed by atoms with Crippen LogP contribution in [0.4, 0.5) is 0 Å². The Labute approximate surface area is 157 Å². The van der Waals surface area contributed by atoms with Crippen LogP contribution in [0.3, 0.4) is 0 Å². The third kappa shape index (κ3) is 3.09. The maximum Gasteiger partial charge on any atom is 0.286 e. The van der Waals surface area contributed by atoms with Gasteiger partial charge in [-0.2, -0.15) is 0 Å². The van der Waals surface area contributed by atoms with Crippen molar-refractivity contribution < 1.29 is 9.46 Å². The summed E-state index contributed by atoms with van der Waals surface area (Å²) in [6.07, 6.45) is 0. The second kappa shape index (κ2) is 6.29. The quantitative estimate of drug-likeness (QED) is 0.582. The molecule has 1 radical (unpaired) electrons. The van der Waals surface area contributed by atoms with Gasteiger partial charge in [0.15, 0.2) is 4.75 Å². The number of nitrogens with zero attached hydrogens (tertiary/aromatic N) is 1. The van der Waals surface area contributed by atoms with Crippen LogP contribution in [0.2, 0.25) is 0 Å². The Hall–Kier alpha value is 0.156. The van der Waals surface area contributed by atoms with Gasteiger partial charge in [-0.25, -0.2) is 4.98 Å². The van der Waals surface area contributed by atoms with Gasteiger partial charge >= 0.3 is 0 Å². The number of hydrogen-bond donors (Lipinski definition) is 1. The molecule has 1 aromatic heterocycles. The molecular formula is C13H10KNO2PS. The Morgan fingerprint density at radius 2 is 1.63 bits per heavy atom. The minimum atomic E-state index is -3.56. The monoisotopic (exact) mass is 314 g/mol. The molecule has 91 valence electrons. The third-order valence-corrected chi connectivity index (χ3v) is 6.12. The Bertz CT molecular complexity index is 711. The van der Waals surface area contributed by atoms with Crippen molar-refractivity contribution in [1.82, 2.24) is 4.98 Å². The molecule has 1 unspecified atom stereocenters. The van der Waals surface area contributed by atoms with Crippen molar-refractivity contribution in [3.63, 3.8) is 0 Å². The van der Waals surface area contributed by atoms with E-state index in [9.17, 15) is 9.46 Å². The first-order valence-corrected chi connectivity index (χ1v) is 7.90. The molecule has 0 aliphatic carbocycles. The van der Waals surface area contributed by atoms with Crippen LogP contribution in [-0.4, -0.2) is 61.3 Å². The summed E-state index contributed by atoms with van der Waals surface area (Å²) in [4.78, 5) is 14.5. The Kier molecular flexibility index (Phi) is 5.14. The molecule has 0 aliphatic rings. The summed E-state index contributed by atoms with van der Waals surface area (Å²) >= 11 is 1.27. The predicted octanol–water partition coefficient (Wildman–Crippen LogP) is 2.14. The molecule has 0 amide bonds. The van der Waals surface area contributed by atoms with Crippen molar-refractivity contribution in [3.05, 3.63) is 54.6 Å². The Morgan fingerprint density at radius 3 is 2.32 bits per heavy atom. The molecule has 0 saturated carbocycles. The molecule has 3 nitrogen and oxygen atoms in total. The van der Waals surface area contributed by atoms with E-state index >= 15 is 0 Å². The van der Waals surface area contributed by atoms with Crippen molar-refractivity contribution in [2.75, 3.05) is 0 Å². The summed E-state index contributed by atoms with van der Waals surface area (Å²) in [6, 6.07) is 16.2. The average Bonchev–Trinajstić information content (AvgIpc) is 2.84. The zero-order valence-corrected chi connectivity index (χ0v) is 15.2. The maximum absolute atomic E-state index is 12.5. The molecular weight excluding hydrogens is 304 g/mol. The molecule has 0 bridgehead atoms. The minimum Gasteiger partial charge on any atom is -0.336 e. The molecule has 1 N–H and O–H groups in total. The number of thiazole rings is 1. The van der Waals surface area contributed by atoms with Gasteiger partial charge in [0.2, 0.25) is 0 Å². The average molecular weight is 314 g/mol. The number of para-hydroxylation sites is 1. The van der Waals surface area contributed by atoms with E-state index in [4.69, 9.17) is 0 Å². The minimum absolute atomic E-state index is 0. The molecule has 19 heavy (non-hydrogen) atoms. The zero-order chi connectivity index (χ0) is 12.6. The van der Waals surface area contributed by atoms with E-state index in [-0.39, 0.29) is 56.1 Å². The van der Waals surface area contributed by atoms with Gasteiger partial charge in [0.1, 0.15) is 0 Å². The fourth-order valence-electron chi connectivity index (χ4n) is 1.73. The number of hydrogen-bond acceptors (Lipinski definition) is 3. The second-order valence-electron chi connectivity index (χ2n) is 3.88. The van der Waals surface area contributed by atoms with E-state index in [1.807, 2.05) is 30.3 Å². The summed E-state index contributed by atoms with van der Waals surface area (Å²) in [5, 5.41) is 0.420. The first-order chi connectivity index (χ1) is 8.68. The van der Waals surface area contributed by atoms with E-state index < -0.39 is 7.37 Å². The van der Waals surface area contributed by atoms with Crippen LogP contribution in [0.1, 0.15) is 0 Å². The van der Waals surface area contributed by atoms with Crippen molar-refractivity contribution in [2.45, 2.75) is 0 Å². The van der Waals surface area contributed by atoms with Gasteiger partial charge in [0.25, 0.3) is 7.37 Å². The summed E-state index contributed by atoms with van der Waals surface area (Å²) < 4.78 is 13.7. The van der Waals surface area contributed by atoms with E-state index in [1.54, 1.807) is 24.3 Å². The van der Waals surface area contributed by atoms with Gasteiger partial charge in [0, 0.05) is 56.7 Å².